The Labute approximate surface area is 249 Å². The van der Waals surface area contributed by atoms with Crippen molar-refractivity contribution in [2.45, 2.75) is 49.1 Å². The van der Waals surface area contributed by atoms with Gasteiger partial charge in [0.25, 0.3) is 0 Å². The van der Waals surface area contributed by atoms with Gasteiger partial charge in [-0.05, 0) is 11.8 Å². The van der Waals surface area contributed by atoms with Gasteiger partial charge in [0.15, 0.2) is 41.6 Å². The minimum Gasteiger partial charge on any atom is -0.387 e. The predicted molar refractivity (Wildman–Crippen MR) is 146 cm³/mol. The highest BCUT2D eigenvalue weighted by Crippen LogP contribution is 2.54. The van der Waals surface area contributed by atoms with Crippen molar-refractivity contribution in [3.05, 3.63) is 25.3 Å². The van der Waals surface area contributed by atoms with Crippen molar-refractivity contribution in [3.63, 3.8) is 0 Å². The highest BCUT2D eigenvalue weighted by atomic mass is 32.5. The van der Waals surface area contributed by atoms with Gasteiger partial charge in [0.2, 0.25) is 0 Å². The molecule has 7 heterocycles. The van der Waals surface area contributed by atoms with Gasteiger partial charge in [-0.1, -0.05) is 0 Å². The molecule has 10 atom stereocenters. The topological polar surface area (TPSA) is 272 Å². The third kappa shape index (κ3) is 5.15. The number of rotatable bonds is 2. The second kappa shape index (κ2) is 10.9. The van der Waals surface area contributed by atoms with E-state index in [4.69, 9.17) is 50.8 Å². The number of phosphoric acid groups is 1. The summed E-state index contributed by atoms with van der Waals surface area (Å²) in [7, 11) is -5.05. The third-order valence-corrected chi connectivity index (χ3v) is 9.76. The number of anilines is 2. The van der Waals surface area contributed by atoms with Crippen LogP contribution in [0, 0.1) is 0 Å². The number of aliphatic hydroxyl groups excluding tert-OH is 1. The first-order valence-corrected chi connectivity index (χ1v) is 16.8. The Morgan fingerprint density at radius 1 is 0.841 bits per heavy atom. The summed E-state index contributed by atoms with van der Waals surface area (Å²) in [6.45, 7) is -5.66. The van der Waals surface area contributed by atoms with E-state index >= 15 is 4.39 Å². The minimum atomic E-state index is -5.05. The molecule has 0 aliphatic carbocycles. The van der Waals surface area contributed by atoms with Gasteiger partial charge in [-0.25, -0.2) is 38.9 Å². The maximum Gasteiger partial charge on any atom is 0.472 e. The zero-order valence-corrected chi connectivity index (χ0v) is 24.6. The summed E-state index contributed by atoms with van der Waals surface area (Å²) in [6, 6.07) is 0. The second-order valence-electron chi connectivity index (χ2n) is 9.90. The van der Waals surface area contributed by atoms with Crippen LogP contribution in [0.1, 0.15) is 12.5 Å². The first kappa shape index (κ1) is 29.8. The van der Waals surface area contributed by atoms with Gasteiger partial charge >= 0.3 is 14.5 Å². The van der Waals surface area contributed by atoms with E-state index in [1.165, 1.54) is 28.1 Å². The number of phosphoric ester groups is 1. The molecule has 0 spiro atoms. The van der Waals surface area contributed by atoms with E-state index in [-0.39, 0.29) is 34.0 Å². The van der Waals surface area contributed by atoms with E-state index < -0.39 is 76.9 Å². The van der Waals surface area contributed by atoms with Gasteiger partial charge in [-0.3, -0.25) is 22.7 Å². The molecule has 24 heteroatoms. The van der Waals surface area contributed by atoms with Crippen LogP contribution in [0.4, 0.5) is 16.0 Å². The average Bonchev–Trinajstić information content (AvgIpc) is 3.73. The lowest BCUT2D eigenvalue weighted by atomic mass is 10.1. The molecule has 0 aromatic carbocycles. The highest BCUT2D eigenvalue weighted by Gasteiger charge is 2.54. The number of aliphatic hydroxyl groups is 1. The summed E-state index contributed by atoms with van der Waals surface area (Å²) in [5.74, 6) is 0.101. The molecule has 3 aliphatic heterocycles. The number of hydrogen-bond acceptors (Lipinski definition) is 17. The lowest BCUT2D eigenvalue weighted by Gasteiger charge is -2.27. The maximum absolute atomic E-state index is 15.9. The fourth-order valence-corrected chi connectivity index (χ4v) is 7.56. The van der Waals surface area contributed by atoms with Gasteiger partial charge in [-0.2, -0.15) is 0 Å². The molecular weight excluding hydrogens is 653 g/mol. The first-order chi connectivity index (χ1) is 20.9. The molecule has 3 saturated heterocycles. The lowest BCUT2D eigenvalue weighted by Crippen LogP contribution is -2.35. The number of halogens is 1. The van der Waals surface area contributed by atoms with Crippen LogP contribution in [-0.4, -0.2) is 104 Å². The second-order valence-corrected chi connectivity index (χ2v) is 14.1. The fourth-order valence-electron chi connectivity index (χ4n) is 5.19. The van der Waals surface area contributed by atoms with Gasteiger partial charge < -0.3 is 40.4 Å². The van der Waals surface area contributed by atoms with Crippen LogP contribution in [0.3, 0.4) is 0 Å². The van der Waals surface area contributed by atoms with Crippen LogP contribution >= 0.6 is 14.5 Å². The Bertz CT molecular complexity index is 1830. The van der Waals surface area contributed by atoms with Crippen LogP contribution in [0.5, 0.6) is 0 Å². The van der Waals surface area contributed by atoms with Gasteiger partial charge in [-0.15, -0.1) is 0 Å². The highest BCUT2D eigenvalue weighted by molar-refractivity contribution is 8.07. The number of hydrogen-bond donors (Lipinski definition) is 5. The molecular formula is C20H23FN10O10P2S. The molecule has 44 heavy (non-hydrogen) atoms. The molecule has 236 valence electrons. The number of alkyl halides is 1. The molecule has 4 aromatic rings. The first-order valence-electron chi connectivity index (χ1n) is 12.7. The van der Waals surface area contributed by atoms with Crippen molar-refractivity contribution in [3.8, 4) is 0 Å². The van der Waals surface area contributed by atoms with Crippen LogP contribution in [0.25, 0.3) is 22.3 Å². The molecule has 0 saturated carbocycles. The van der Waals surface area contributed by atoms with Gasteiger partial charge in [0, 0.05) is 0 Å². The zero-order chi connectivity index (χ0) is 31.0. The number of nitrogens with zero attached hydrogens (tertiary/aromatic N) is 8. The van der Waals surface area contributed by atoms with E-state index in [1.807, 2.05) is 0 Å². The predicted octanol–water partition coefficient (Wildman–Crippen LogP) is -0.541. The molecule has 3 fully saturated rings. The molecule has 7 rings (SSSR count). The number of ether oxygens (including phenoxy) is 2. The Morgan fingerprint density at radius 3 is 2.05 bits per heavy atom. The van der Waals surface area contributed by atoms with Crippen molar-refractivity contribution in [1.82, 2.24) is 39.0 Å². The Balaban J connectivity index is 1.20. The van der Waals surface area contributed by atoms with Crippen LogP contribution in [-0.2, 0) is 43.9 Å². The molecule has 2 bridgehead atoms. The third-order valence-electron chi connectivity index (χ3n) is 7.22. The van der Waals surface area contributed by atoms with Crippen LogP contribution in [0.2, 0.25) is 0 Å². The summed E-state index contributed by atoms with van der Waals surface area (Å²) >= 11 is 5.21. The summed E-state index contributed by atoms with van der Waals surface area (Å²) in [6.07, 6.45) is -7.61. The average molecular weight is 676 g/mol. The summed E-state index contributed by atoms with van der Waals surface area (Å²) in [5, 5.41) is 11.1. The fraction of sp³-hybridized carbons (Fsp3) is 0.500. The van der Waals surface area contributed by atoms with E-state index in [9.17, 15) is 19.5 Å². The molecule has 9 unspecified atom stereocenters. The number of nitrogen functional groups attached to an aromatic ring is 2. The van der Waals surface area contributed by atoms with Crippen LogP contribution in [0.15, 0.2) is 25.3 Å². The maximum atomic E-state index is 15.9. The van der Waals surface area contributed by atoms with Gasteiger partial charge in [0.05, 0.1) is 25.9 Å². The van der Waals surface area contributed by atoms with E-state index in [1.54, 1.807) is 0 Å². The molecule has 4 aromatic heterocycles. The molecule has 20 nitrogen and oxygen atoms in total. The monoisotopic (exact) mass is 676 g/mol. The van der Waals surface area contributed by atoms with E-state index in [0.717, 1.165) is 6.33 Å². The quantitative estimate of drug-likeness (QED) is 0.167. The molecule has 3 aliphatic rings. The van der Waals surface area contributed by atoms with E-state index in [0.29, 0.717) is 0 Å². The van der Waals surface area contributed by atoms with E-state index in [2.05, 4.69) is 29.9 Å². The van der Waals surface area contributed by atoms with Crippen molar-refractivity contribution >= 4 is 60.3 Å². The molecule has 0 amide bonds. The SMILES string of the molecule is Nc1ncnc2c1ncn2C1OC2COP(=O)(O)OC3C(COP(O)(=S)OC1C2O)O[C@@H](n1cnc2c(N)ncnc21)C3F. The van der Waals surface area contributed by atoms with Crippen molar-refractivity contribution in [2.75, 3.05) is 24.7 Å². The number of aromatic nitrogens is 8. The van der Waals surface area contributed by atoms with Crippen molar-refractivity contribution in [1.29, 1.82) is 0 Å². The lowest BCUT2D eigenvalue weighted by molar-refractivity contribution is -0.0635. The summed E-state index contributed by atoms with van der Waals surface area (Å²) < 4.78 is 64.7. The molecule has 0 radical (unpaired) electrons. The Hall–Kier alpha value is -2.85. The van der Waals surface area contributed by atoms with Crippen LogP contribution < -0.4 is 11.5 Å². The normalized spacial score (nSPS) is 38.3. The number of nitrogens with two attached hydrogens (primary N) is 2. The smallest absolute Gasteiger partial charge is 0.387 e. The Kier molecular flexibility index (Phi) is 7.39. The van der Waals surface area contributed by atoms with Crippen molar-refractivity contribution < 1.29 is 51.4 Å². The largest absolute Gasteiger partial charge is 0.472 e. The minimum absolute atomic E-state index is 0.0348. The number of fused-ring (bicyclic) bond motifs is 5. The van der Waals surface area contributed by atoms with Crippen molar-refractivity contribution in [2.24, 2.45) is 0 Å². The Morgan fingerprint density at radius 2 is 1.41 bits per heavy atom. The number of imidazole rings is 2. The zero-order valence-electron chi connectivity index (χ0n) is 22.0. The standard InChI is InChI=1S/C20H23FN10O10P2S/c21-9-13-8(39-19(9)30-5-28-10-15(22)24-3-26-17(10)30)2-37-43(35,44)41-14-12(32)7(1-36-42(33,34)40-13)38-20(14)31-6-29-11-16(23)25-4-27-18(11)31/h3-9,12-14,19-20,32H,1-2H2,(H,33,34)(H,35,44)(H2,22,24,26)(H2,23,25,27)/t7?,8?,9?,12?,13?,14?,19-,20?,43?/m1/s1. The summed E-state index contributed by atoms with van der Waals surface area (Å²) in [5.41, 5.74) is 12.4. The summed E-state index contributed by atoms with van der Waals surface area (Å²) in [4.78, 5) is 45.8. The van der Waals surface area contributed by atoms with Gasteiger partial charge in [0.1, 0.15) is 54.2 Å². The molecule has 7 N–H and O–H groups in total.